The highest BCUT2D eigenvalue weighted by Gasteiger charge is 2.08. The topological polar surface area (TPSA) is 45.8 Å². The zero-order chi connectivity index (χ0) is 12.5. The number of benzene rings is 1. The molecule has 0 aliphatic carbocycles. The van der Waals surface area contributed by atoms with Crippen molar-refractivity contribution < 1.29 is 4.39 Å². The van der Waals surface area contributed by atoms with Crippen LogP contribution in [0.25, 0.3) is 22.0 Å². The molecule has 18 heavy (non-hydrogen) atoms. The molecule has 0 saturated carbocycles. The molecule has 0 saturated heterocycles. The summed E-state index contributed by atoms with van der Waals surface area (Å²) in [7, 11) is 0. The molecule has 1 N–H and O–H groups in total. The van der Waals surface area contributed by atoms with Gasteiger partial charge in [-0.05, 0) is 41.8 Å². The van der Waals surface area contributed by atoms with Crippen molar-refractivity contribution in [2.45, 2.75) is 0 Å². The molecule has 0 bridgehead atoms. The van der Waals surface area contributed by atoms with Crippen molar-refractivity contribution in [3.05, 3.63) is 65.0 Å². The van der Waals surface area contributed by atoms with Gasteiger partial charge in [0.05, 0.1) is 11.1 Å². The number of hydrogen-bond donors (Lipinski definition) is 1. The Labute approximate surface area is 102 Å². The van der Waals surface area contributed by atoms with Crippen LogP contribution >= 0.6 is 0 Å². The molecule has 3 aromatic rings. The highest BCUT2D eigenvalue weighted by molar-refractivity contribution is 5.93. The van der Waals surface area contributed by atoms with E-state index >= 15 is 0 Å². The molecule has 1 aromatic carbocycles. The van der Waals surface area contributed by atoms with Gasteiger partial charge < -0.3 is 4.98 Å². The normalized spacial score (nSPS) is 10.7. The number of H-pyrrole nitrogens is 1. The molecule has 2 heterocycles. The first-order valence-electron chi connectivity index (χ1n) is 5.48. The van der Waals surface area contributed by atoms with Gasteiger partial charge >= 0.3 is 0 Å². The van der Waals surface area contributed by atoms with Crippen LogP contribution in [0.2, 0.25) is 0 Å². The highest BCUT2D eigenvalue weighted by atomic mass is 19.1. The smallest absolute Gasteiger partial charge is 0.258 e. The van der Waals surface area contributed by atoms with Crippen molar-refractivity contribution in [2.24, 2.45) is 0 Å². The van der Waals surface area contributed by atoms with E-state index in [1.54, 1.807) is 30.6 Å². The molecule has 88 valence electrons. The van der Waals surface area contributed by atoms with Crippen LogP contribution in [0.5, 0.6) is 0 Å². The number of rotatable bonds is 1. The molecule has 0 fully saturated rings. The van der Waals surface area contributed by atoms with Crippen LogP contribution in [-0.2, 0) is 0 Å². The third kappa shape index (κ3) is 1.68. The minimum atomic E-state index is -0.312. The average Bonchev–Trinajstić information content (AvgIpc) is 2.39. The molecular weight excluding hydrogens is 231 g/mol. The molecule has 4 heteroatoms. The van der Waals surface area contributed by atoms with Crippen molar-refractivity contribution in [2.75, 3.05) is 0 Å². The quantitative estimate of drug-likeness (QED) is 0.710. The van der Waals surface area contributed by atoms with Gasteiger partial charge in [-0.3, -0.25) is 9.78 Å². The summed E-state index contributed by atoms with van der Waals surface area (Å²) < 4.78 is 12.9. The zero-order valence-electron chi connectivity index (χ0n) is 9.35. The minimum Gasteiger partial charge on any atom is -0.328 e. The summed E-state index contributed by atoms with van der Waals surface area (Å²) in [5, 5.41) is 1.33. The van der Waals surface area contributed by atoms with E-state index < -0.39 is 0 Å². The van der Waals surface area contributed by atoms with Gasteiger partial charge in [-0.25, -0.2) is 4.39 Å². The maximum Gasteiger partial charge on any atom is 0.258 e. The van der Waals surface area contributed by atoms with Crippen molar-refractivity contribution in [1.29, 1.82) is 0 Å². The predicted octanol–water partition coefficient (Wildman–Crippen LogP) is 2.73. The molecule has 0 aliphatic rings. The molecule has 0 atom stereocenters. The van der Waals surface area contributed by atoms with Crippen LogP contribution in [0.4, 0.5) is 4.39 Å². The summed E-state index contributed by atoms with van der Waals surface area (Å²) in [5.74, 6) is -0.312. The Kier molecular flexibility index (Phi) is 2.41. The number of fused-ring (bicyclic) bond motifs is 1. The molecule has 0 aliphatic heterocycles. The van der Waals surface area contributed by atoms with Crippen LogP contribution in [-0.4, -0.2) is 9.97 Å². The van der Waals surface area contributed by atoms with E-state index in [0.29, 0.717) is 11.1 Å². The third-order valence-corrected chi connectivity index (χ3v) is 2.81. The van der Waals surface area contributed by atoms with Crippen molar-refractivity contribution in [3.63, 3.8) is 0 Å². The summed E-state index contributed by atoms with van der Waals surface area (Å²) in [6, 6.07) is 9.52. The Balaban J connectivity index is 2.36. The molecular formula is C14H9FN2O. The molecule has 0 amide bonds. The fraction of sp³-hybridized carbons (Fsp3) is 0. The number of nitrogens with one attached hydrogen (secondary N) is 1. The first-order valence-corrected chi connectivity index (χ1v) is 5.48. The second-order valence-corrected chi connectivity index (χ2v) is 3.94. The number of nitrogens with zero attached hydrogens (tertiary/aromatic N) is 1. The first-order chi connectivity index (χ1) is 8.75. The van der Waals surface area contributed by atoms with Gasteiger partial charge in [-0.1, -0.05) is 0 Å². The van der Waals surface area contributed by atoms with Gasteiger partial charge in [0.25, 0.3) is 5.56 Å². The Hall–Kier alpha value is -2.49. The Morgan fingerprint density at radius 2 is 1.83 bits per heavy atom. The number of pyridine rings is 2. The van der Waals surface area contributed by atoms with Gasteiger partial charge in [0.1, 0.15) is 5.82 Å². The van der Waals surface area contributed by atoms with E-state index in [2.05, 4.69) is 9.97 Å². The zero-order valence-corrected chi connectivity index (χ0v) is 9.35. The summed E-state index contributed by atoms with van der Waals surface area (Å²) in [6.07, 6.45) is 3.24. The summed E-state index contributed by atoms with van der Waals surface area (Å²) in [6.45, 7) is 0. The molecule has 3 nitrogen and oxygen atoms in total. The monoisotopic (exact) mass is 240 g/mol. The van der Waals surface area contributed by atoms with Crippen LogP contribution in [0, 0.1) is 5.82 Å². The lowest BCUT2D eigenvalue weighted by Gasteiger charge is -2.04. The lowest BCUT2D eigenvalue weighted by molar-refractivity contribution is 0.628. The van der Waals surface area contributed by atoms with Gasteiger partial charge in [0, 0.05) is 18.0 Å². The summed E-state index contributed by atoms with van der Waals surface area (Å²) in [5.41, 5.74) is 1.09. The van der Waals surface area contributed by atoms with Crippen LogP contribution < -0.4 is 5.56 Å². The second-order valence-electron chi connectivity index (χ2n) is 3.94. The van der Waals surface area contributed by atoms with E-state index in [1.807, 2.05) is 6.07 Å². The van der Waals surface area contributed by atoms with E-state index in [1.165, 1.54) is 12.1 Å². The number of aromatic amines is 1. The van der Waals surface area contributed by atoms with E-state index in [0.717, 1.165) is 10.9 Å². The largest absolute Gasteiger partial charge is 0.328 e. The maximum atomic E-state index is 12.9. The molecule has 2 aromatic heterocycles. The predicted molar refractivity (Wildman–Crippen MR) is 67.8 cm³/mol. The van der Waals surface area contributed by atoms with Crippen molar-refractivity contribution in [3.8, 4) is 11.3 Å². The standard InChI is InChI=1S/C14H9FN2O/c15-11-3-1-10(2-4-11)13-12-9(5-7-16-13)6-8-17-14(12)18/h1-8H,(H,17,18). The van der Waals surface area contributed by atoms with E-state index in [9.17, 15) is 9.18 Å². The number of hydrogen-bond acceptors (Lipinski definition) is 2. The van der Waals surface area contributed by atoms with Crippen LogP contribution in [0.3, 0.4) is 0 Å². The fourth-order valence-electron chi connectivity index (χ4n) is 1.96. The van der Waals surface area contributed by atoms with E-state index in [-0.39, 0.29) is 11.4 Å². The van der Waals surface area contributed by atoms with Crippen molar-refractivity contribution in [1.82, 2.24) is 9.97 Å². The van der Waals surface area contributed by atoms with Gasteiger partial charge in [-0.2, -0.15) is 0 Å². The molecule has 0 radical (unpaired) electrons. The first kappa shape index (κ1) is 10.7. The van der Waals surface area contributed by atoms with E-state index in [4.69, 9.17) is 0 Å². The Morgan fingerprint density at radius 1 is 1.06 bits per heavy atom. The van der Waals surface area contributed by atoms with Crippen LogP contribution in [0.1, 0.15) is 0 Å². The number of halogens is 1. The van der Waals surface area contributed by atoms with Crippen molar-refractivity contribution >= 4 is 10.8 Å². The fourth-order valence-corrected chi connectivity index (χ4v) is 1.96. The Bertz CT molecular complexity index is 757. The SMILES string of the molecule is O=c1[nH]ccc2ccnc(-c3ccc(F)cc3)c12. The number of aromatic nitrogens is 2. The van der Waals surface area contributed by atoms with Gasteiger partial charge in [0.15, 0.2) is 0 Å². The average molecular weight is 240 g/mol. The second kappa shape index (κ2) is 4.07. The maximum absolute atomic E-state index is 12.9. The third-order valence-electron chi connectivity index (χ3n) is 2.81. The minimum absolute atomic E-state index is 0.195. The lowest BCUT2D eigenvalue weighted by Crippen LogP contribution is -2.06. The lowest BCUT2D eigenvalue weighted by atomic mass is 10.1. The molecule has 0 spiro atoms. The Morgan fingerprint density at radius 3 is 2.61 bits per heavy atom. The summed E-state index contributed by atoms with van der Waals surface area (Å²) >= 11 is 0. The van der Waals surface area contributed by atoms with Crippen LogP contribution in [0.15, 0.2) is 53.6 Å². The van der Waals surface area contributed by atoms with Gasteiger partial charge in [0.2, 0.25) is 0 Å². The highest BCUT2D eigenvalue weighted by Crippen LogP contribution is 2.23. The molecule has 0 unspecified atom stereocenters. The summed E-state index contributed by atoms with van der Waals surface area (Å²) in [4.78, 5) is 18.7. The van der Waals surface area contributed by atoms with Gasteiger partial charge in [-0.15, -0.1) is 0 Å². The molecule has 3 rings (SSSR count).